The molecule has 43 heavy (non-hydrogen) atoms. The molecule has 236 valence electrons. The van der Waals surface area contributed by atoms with E-state index in [0.717, 1.165) is 24.1 Å². The maximum absolute atomic E-state index is 15.3. The molecule has 2 aliphatic rings. The van der Waals surface area contributed by atoms with E-state index in [1.807, 2.05) is 0 Å². The minimum absolute atomic E-state index is 0.121. The first-order valence-corrected chi connectivity index (χ1v) is 15.7. The number of benzene rings is 2. The number of methoxy groups -OCH3 is 1. The largest absolute Gasteiger partial charge is 0.493 e. The van der Waals surface area contributed by atoms with Gasteiger partial charge in [-0.15, -0.1) is 0 Å². The number of ether oxygens (including phenoxy) is 2. The third-order valence-corrected chi connectivity index (χ3v) is 8.23. The van der Waals surface area contributed by atoms with E-state index in [1.165, 1.54) is 0 Å². The van der Waals surface area contributed by atoms with Gasteiger partial charge < -0.3 is 14.3 Å². The van der Waals surface area contributed by atoms with Gasteiger partial charge >= 0.3 is 18.1 Å². The molecule has 1 heterocycles. The van der Waals surface area contributed by atoms with Crippen LogP contribution in [0.15, 0.2) is 30.3 Å². The van der Waals surface area contributed by atoms with Gasteiger partial charge in [0, 0.05) is 29.8 Å². The zero-order chi connectivity index (χ0) is 31.7. The van der Waals surface area contributed by atoms with E-state index in [0.29, 0.717) is 60.8 Å². The fraction of sp³-hybridized carbons (Fsp3) is 0.481. The number of amides is 1. The van der Waals surface area contributed by atoms with Crippen molar-refractivity contribution in [3.63, 3.8) is 0 Å². The Kier molecular flexibility index (Phi) is 10.2. The highest BCUT2D eigenvalue weighted by molar-refractivity contribution is 7.88. The highest BCUT2D eigenvalue weighted by atomic mass is 35.5. The molecule has 0 N–H and O–H groups in total. The number of hydrogen-bond acceptors (Lipinski definition) is 8. The average Bonchev–Trinajstić information content (AvgIpc) is 3.74. The molecule has 1 aliphatic carbocycles. The Labute approximate surface area is 255 Å². The third-order valence-electron chi connectivity index (χ3n) is 6.95. The highest BCUT2D eigenvalue weighted by Gasteiger charge is 2.46. The fourth-order valence-corrected chi connectivity index (χ4v) is 6.04. The Hall–Kier alpha value is -2.65. The second-order valence-corrected chi connectivity index (χ2v) is 13.0. The number of likely N-dealkylation sites (tertiary alicyclic amines) is 1. The lowest BCUT2D eigenvalue weighted by Gasteiger charge is -2.38. The molecule has 2 atom stereocenters. The summed E-state index contributed by atoms with van der Waals surface area (Å²) < 4.78 is 88.5. The summed E-state index contributed by atoms with van der Waals surface area (Å²) in [7, 11) is -3.30. The summed E-state index contributed by atoms with van der Waals surface area (Å²) in [6.45, 7) is 1.45. The molecule has 2 fully saturated rings. The Balaban J connectivity index is 1.59. The van der Waals surface area contributed by atoms with Crippen LogP contribution in [-0.4, -0.2) is 75.0 Å². The van der Waals surface area contributed by atoms with Gasteiger partial charge in [-0.05, 0) is 73.5 Å². The van der Waals surface area contributed by atoms with Crippen molar-refractivity contribution in [2.45, 2.75) is 49.9 Å². The molecule has 1 saturated heterocycles. The van der Waals surface area contributed by atoms with Crippen LogP contribution in [0.1, 0.15) is 59.1 Å². The van der Waals surface area contributed by atoms with Crippen LogP contribution in [0.5, 0.6) is 5.75 Å². The third kappa shape index (κ3) is 8.29. The molecule has 16 heteroatoms. The SMILES string of the molecule is COC[C@H](c1cc(Cl)cc(Cl)c1)N1CCC[C@@H](Oc2cc(F)c(C(=O)N(OC(=O)C(F)(F)F)S(C)(=O)=O)cc2C2CC2)C1. The van der Waals surface area contributed by atoms with Crippen molar-refractivity contribution < 1.29 is 49.9 Å². The maximum atomic E-state index is 15.3. The monoisotopic (exact) mass is 670 g/mol. The lowest BCUT2D eigenvalue weighted by atomic mass is 10.0. The van der Waals surface area contributed by atoms with Crippen LogP contribution < -0.4 is 4.74 Å². The van der Waals surface area contributed by atoms with E-state index in [4.69, 9.17) is 32.7 Å². The molecule has 1 amide bonds. The Morgan fingerprint density at radius 2 is 1.74 bits per heavy atom. The summed E-state index contributed by atoms with van der Waals surface area (Å²) in [6.07, 6.45) is -3.00. The Morgan fingerprint density at radius 1 is 1.09 bits per heavy atom. The highest BCUT2D eigenvalue weighted by Crippen LogP contribution is 2.46. The van der Waals surface area contributed by atoms with E-state index in [1.54, 1.807) is 25.3 Å². The van der Waals surface area contributed by atoms with Crippen molar-refractivity contribution in [2.75, 3.05) is 33.1 Å². The zero-order valence-electron chi connectivity index (χ0n) is 23.0. The van der Waals surface area contributed by atoms with E-state index >= 15 is 4.39 Å². The molecule has 1 saturated carbocycles. The number of carbonyl (C=O) groups is 2. The first-order valence-electron chi connectivity index (χ1n) is 13.1. The van der Waals surface area contributed by atoms with Gasteiger partial charge in [-0.25, -0.2) is 17.6 Å². The number of halogens is 6. The molecular formula is C27H28Cl2F4N2O7S. The number of nitrogens with zero attached hydrogens (tertiary/aromatic N) is 2. The van der Waals surface area contributed by atoms with Crippen molar-refractivity contribution in [3.05, 3.63) is 62.9 Å². The van der Waals surface area contributed by atoms with Gasteiger partial charge in [-0.1, -0.05) is 27.7 Å². The lowest BCUT2D eigenvalue weighted by molar-refractivity contribution is -0.216. The number of carbonyl (C=O) groups excluding carboxylic acids is 2. The molecule has 0 radical (unpaired) electrons. The van der Waals surface area contributed by atoms with Crippen LogP contribution in [0, 0.1) is 5.82 Å². The summed E-state index contributed by atoms with van der Waals surface area (Å²) >= 11 is 12.4. The molecule has 1 aliphatic heterocycles. The van der Waals surface area contributed by atoms with E-state index < -0.39 is 50.0 Å². The Bertz CT molecular complexity index is 1470. The van der Waals surface area contributed by atoms with E-state index in [-0.39, 0.29) is 17.7 Å². The van der Waals surface area contributed by atoms with Crippen LogP contribution >= 0.6 is 23.2 Å². The lowest BCUT2D eigenvalue weighted by Crippen LogP contribution is -2.44. The van der Waals surface area contributed by atoms with Crippen LogP contribution in [-0.2, 0) is 24.4 Å². The van der Waals surface area contributed by atoms with Gasteiger partial charge in [-0.3, -0.25) is 9.69 Å². The molecule has 2 aromatic rings. The van der Waals surface area contributed by atoms with Crippen molar-refractivity contribution in [1.82, 2.24) is 9.37 Å². The predicted molar refractivity (Wildman–Crippen MR) is 148 cm³/mol. The van der Waals surface area contributed by atoms with Gasteiger partial charge in [-0.2, -0.15) is 13.2 Å². The van der Waals surface area contributed by atoms with Crippen molar-refractivity contribution >= 4 is 45.1 Å². The smallest absolute Gasteiger partial charge is 0.489 e. The molecule has 9 nitrogen and oxygen atoms in total. The minimum atomic E-state index is -5.60. The minimum Gasteiger partial charge on any atom is -0.489 e. The molecule has 2 aromatic carbocycles. The fourth-order valence-electron chi connectivity index (χ4n) is 4.90. The summed E-state index contributed by atoms with van der Waals surface area (Å²) in [5, 5.41) is 0.936. The first-order chi connectivity index (χ1) is 20.1. The molecule has 4 rings (SSSR count). The number of rotatable bonds is 9. The van der Waals surface area contributed by atoms with Crippen molar-refractivity contribution in [1.29, 1.82) is 0 Å². The molecule has 0 unspecified atom stereocenters. The van der Waals surface area contributed by atoms with Crippen LogP contribution in [0.3, 0.4) is 0 Å². The first kappa shape index (κ1) is 33.2. The number of piperidine rings is 1. The van der Waals surface area contributed by atoms with Crippen molar-refractivity contribution in [2.24, 2.45) is 0 Å². The van der Waals surface area contributed by atoms with Crippen LogP contribution in [0.4, 0.5) is 17.6 Å². The predicted octanol–water partition coefficient (Wildman–Crippen LogP) is 5.66. The quantitative estimate of drug-likeness (QED) is 0.249. The Morgan fingerprint density at radius 3 is 2.30 bits per heavy atom. The zero-order valence-corrected chi connectivity index (χ0v) is 25.3. The van der Waals surface area contributed by atoms with Gasteiger partial charge in [0.1, 0.15) is 17.7 Å². The van der Waals surface area contributed by atoms with Crippen LogP contribution in [0.2, 0.25) is 10.0 Å². The summed E-state index contributed by atoms with van der Waals surface area (Å²) in [5.74, 6) is -6.04. The van der Waals surface area contributed by atoms with Gasteiger partial charge in [0.15, 0.2) is 0 Å². The van der Waals surface area contributed by atoms with Gasteiger partial charge in [0.2, 0.25) is 0 Å². The summed E-state index contributed by atoms with van der Waals surface area (Å²) in [5.41, 5.74) is 0.333. The molecule has 0 aromatic heterocycles. The number of hydrogen-bond donors (Lipinski definition) is 0. The number of hydroxylamine groups is 1. The second-order valence-electron chi connectivity index (χ2n) is 10.4. The van der Waals surface area contributed by atoms with Gasteiger partial charge in [0.05, 0.1) is 24.5 Å². The number of sulfonamides is 1. The van der Waals surface area contributed by atoms with E-state index in [9.17, 15) is 31.2 Å². The van der Waals surface area contributed by atoms with Gasteiger partial charge in [0.25, 0.3) is 10.0 Å². The van der Waals surface area contributed by atoms with Crippen molar-refractivity contribution in [3.8, 4) is 5.75 Å². The van der Waals surface area contributed by atoms with E-state index in [2.05, 4.69) is 9.74 Å². The topological polar surface area (TPSA) is 102 Å². The summed E-state index contributed by atoms with van der Waals surface area (Å²) in [6, 6.07) is 6.93. The summed E-state index contributed by atoms with van der Waals surface area (Å²) in [4.78, 5) is 30.2. The molecule has 0 spiro atoms. The molecular weight excluding hydrogens is 643 g/mol. The van der Waals surface area contributed by atoms with Crippen LogP contribution in [0.25, 0.3) is 0 Å². The number of alkyl halides is 3. The average molecular weight is 671 g/mol. The standard InChI is InChI=1S/C27H28Cl2F4N2O7S/c1-40-14-23(16-8-17(28)10-18(29)9-16)34-7-3-4-19(13-34)41-24-12-22(30)21(11-20(24)15-5-6-15)25(36)35(43(2,38)39)42-26(37)27(31,32)33/h8-12,15,19,23H,3-7,13-14H2,1-2H3/t19-,23-/m1/s1. The normalized spacial score (nSPS) is 18.7. The molecule has 0 bridgehead atoms. The second kappa shape index (κ2) is 13.1. The maximum Gasteiger partial charge on any atom is 0.493 e.